The second-order valence-electron chi connectivity index (χ2n) is 12.3. The van der Waals surface area contributed by atoms with Crippen molar-refractivity contribution in [1.82, 2.24) is 0 Å². The van der Waals surface area contributed by atoms with Crippen molar-refractivity contribution in [3.05, 3.63) is 29.8 Å². The van der Waals surface area contributed by atoms with Gasteiger partial charge in [-0.05, 0) is 65.7 Å². The summed E-state index contributed by atoms with van der Waals surface area (Å²) in [4.78, 5) is 13.3. The lowest BCUT2D eigenvalue weighted by Gasteiger charge is -2.55. The molecule has 1 aromatic rings. The zero-order chi connectivity index (χ0) is 28.0. The van der Waals surface area contributed by atoms with Crippen molar-refractivity contribution in [1.29, 1.82) is 0 Å². The van der Waals surface area contributed by atoms with Crippen LogP contribution < -0.4 is 4.74 Å². The van der Waals surface area contributed by atoms with Crippen LogP contribution in [0.2, 0.25) is 22.2 Å². The highest BCUT2D eigenvalue weighted by Gasteiger charge is 2.70. The van der Waals surface area contributed by atoms with Crippen molar-refractivity contribution in [3.63, 3.8) is 0 Å². The average molecular weight is 583 g/mol. The molecule has 2 aliphatic heterocycles. The molecule has 3 aliphatic rings. The van der Waals surface area contributed by atoms with Gasteiger partial charge in [-0.1, -0.05) is 55.4 Å². The Bertz CT molecular complexity index is 1010. The van der Waals surface area contributed by atoms with Crippen LogP contribution in [0, 0.1) is 0 Å². The number of esters is 1. The summed E-state index contributed by atoms with van der Waals surface area (Å²) in [6.45, 7) is 17.5. The molecule has 0 bridgehead atoms. The zero-order valence-corrected chi connectivity index (χ0v) is 27.3. The molecule has 0 aromatic heterocycles. The Balaban J connectivity index is 1.79. The van der Waals surface area contributed by atoms with Crippen LogP contribution in [-0.2, 0) is 28.5 Å². The van der Waals surface area contributed by atoms with E-state index in [0.717, 1.165) is 19.3 Å². The van der Waals surface area contributed by atoms with E-state index in [1.807, 2.05) is 0 Å². The second-order valence-corrected chi connectivity index (χ2v) is 22.9. The Kier molecular flexibility index (Phi) is 8.73. The Morgan fingerprint density at radius 1 is 0.947 bits per heavy atom. The minimum absolute atomic E-state index is 0.137. The monoisotopic (exact) mass is 582 g/mol. The summed E-state index contributed by atoms with van der Waals surface area (Å²) >= 11 is 0. The highest BCUT2D eigenvalue weighted by molar-refractivity contribution is 7.87. The van der Waals surface area contributed by atoms with Gasteiger partial charge in [0.05, 0.1) is 29.3 Å². The summed E-state index contributed by atoms with van der Waals surface area (Å²) in [5.41, 5.74) is 1.13. The maximum Gasteiger partial charge on any atom is 0.338 e. The fourth-order valence-electron chi connectivity index (χ4n) is 6.82. The summed E-state index contributed by atoms with van der Waals surface area (Å²) in [5.74, 6) is 0.482. The van der Waals surface area contributed by atoms with Gasteiger partial charge in [0.15, 0.2) is 0 Å². The molecule has 3 fully saturated rings. The second kappa shape index (κ2) is 11.1. The Labute approximate surface area is 233 Å². The van der Waals surface area contributed by atoms with Gasteiger partial charge in [0.25, 0.3) is 0 Å². The normalized spacial score (nSPS) is 32.2. The lowest BCUT2D eigenvalue weighted by atomic mass is 9.94. The standard InChI is InChI=1S/C28H46O7SSi2/c1-18(2)37(19(3)4)33-25-11-10-16-28(25)26(34-38(35-37,20(5)6)21(7)8)24(17-36(28)30)32-27(29)22-12-14-23(31-9)15-13-22/h12-15,18-21,24-26H,10-11,16-17H2,1-9H3/t24-,25-,26-,28?,36+/m0/s1. The van der Waals surface area contributed by atoms with E-state index in [1.54, 1.807) is 31.4 Å². The van der Waals surface area contributed by atoms with Gasteiger partial charge in [0.1, 0.15) is 18.0 Å². The van der Waals surface area contributed by atoms with Gasteiger partial charge < -0.3 is 22.4 Å². The van der Waals surface area contributed by atoms with E-state index >= 15 is 0 Å². The van der Waals surface area contributed by atoms with Gasteiger partial charge >= 0.3 is 23.1 Å². The van der Waals surface area contributed by atoms with Crippen LogP contribution in [0.25, 0.3) is 0 Å². The first-order valence-corrected chi connectivity index (χ1v) is 19.4. The van der Waals surface area contributed by atoms with Gasteiger partial charge in [-0.3, -0.25) is 4.21 Å². The third-order valence-electron chi connectivity index (χ3n) is 8.90. The van der Waals surface area contributed by atoms with Gasteiger partial charge in [-0.25, -0.2) is 4.79 Å². The summed E-state index contributed by atoms with van der Waals surface area (Å²) in [5, 5.41) is 0. The molecule has 1 spiro atoms. The van der Waals surface area contributed by atoms with E-state index in [9.17, 15) is 9.00 Å². The Morgan fingerprint density at radius 3 is 2.03 bits per heavy atom. The quantitative estimate of drug-likeness (QED) is 0.278. The first-order chi connectivity index (χ1) is 17.8. The van der Waals surface area contributed by atoms with E-state index in [4.69, 9.17) is 22.4 Å². The molecule has 2 saturated heterocycles. The molecular weight excluding hydrogens is 537 g/mol. The summed E-state index contributed by atoms with van der Waals surface area (Å²) in [6.07, 6.45) is 1.08. The van der Waals surface area contributed by atoms with Crippen LogP contribution in [0.4, 0.5) is 0 Å². The van der Waals surface area contributed by atoms with Crippen LogP contribution in [0.15, 0.2) is 24.3 Å². The number of carbonyl (C=O) groups is 1. The van der Waals surface area contributed by atoms with Crippen LogP contribution in [0.5, 0.6) is 5.75 Å². The molecule has 0 amide bonds. The van der Waals surface area contributed by atoms with Crippen molar-refractivity contribution < 1.29 is 31.4 Å². The number of methoxy groups -OCH3 is 1. The van der Waals surface area contributed by atoms with Crippen LogP contribution in [0.3, 0.4) is 0 Å². The molecule has 5 atom stereocenters. The molecule has 38 heavy (non-hydrogen) atoms. The van der Waals surface area contributed by atoms with E-state index in [1.165, 1.54) is 0 Å². The van der Waals surface area contributed by atoms with Crippen molar-refractivity contribution >= 4 is 33.9 Å². The lowest BCUT2D eigenvalue weighted by molar-refractivity contribution is -0.0487. The molecule has 0 N–H and O–H groups in total. The van der Waals surface area contributed by atoms with Crippen LogP contribution >= 0.6 is 0 Å². The molecular formula is C28H46O7SSi2. The maximum absolute atomic E-state index is 14.1. The fourth-order valence-corrected chi connectivity index (χ4v) is 20.6. The Morgan fingerprint density at radius 2 is 1.50 bits per heavy atom. The molecule has 4 rings (SSSR count). The first-order valence-electron chi connectivity index (χ1n) is 14.1. The molecule has 214 valence electrons. The largest absolute Gasteiger partial charge is 0.497 e. The van der Waals surface area contributed by atoms with E-state index in [2.05, 4.69) is 55.4 Å². The molecule has 1 saturated carbocycles. The summed E-state index contributed by atoms with van der Waals surface area (Å²) < 4.78 is 46.8. The van der Waals surface area contributed by atoms with E-state index in [-0.39, 0.29) is 34.0 Å². The molecule has 1 unspecified atom stereocenters. The smallest absolute Gasteiger partial charge is 0.338 e. The van der Waals surface area contributed by atoms with Gasteiger partial charge in [0, 0.05) is 10.8 Å². The molecule has 1 aromatic carbocycles. The predicted octanol–water partition coefficient (Wildman–Crippen LogP) is 6.23. The van der Waals surface area contributed by atoms with Crippen molar-refractivity contribution in [2.75, 3.05) is 12.9 Å². The molecule has 10 heteroatoms. The molecule has 1 aliphatic carbocycles. The first kappa shape index (κ1) is 29.9. The van der Waals surface area contributed by atoms with Crippen molar-refractivity contribution in [3.8, 4) is 5.75 Å². The summed E-state index contributed by atoms with van der Waals surface area (Å²) in [6, 6.07) is 6.87. The number of carbonyl (C=O) groups excluding carboxylic acids is 1. The fraction of sp³-hybridized carbons (Fsp3) is 0.750. The average Bonchev–Trinajstić information content (AvgIpc) is 3.37. The zero-order valence-electron chi connectivity index (χ0n) is 24.4. The number of ether oxygens (including phenoxy) is 2. The topological polar surface area (TPSA) is 80.3 Å². The van der Waals surface area contributed by atoms with Crippen LogP contribution in [0.1, 0.15) is 85.0 Å². The van der Waals surface area contributed by atoms with Gasteiger partial charge in [-0.2, -0.15) is 0 Å². The predicted molar refractivity (Wildman–Crippen MR) is 155 cm³/mol. The van der Waals surface area contributed by atoms with Crippen LogP contribution in [-0.4, -0.2) is 63.2 Å². The maximum atomic E-state index is 14.1. The number of hydrogen-bond donors (Lipinski definition) is 0. The Hall–Kier alpha value is -1.05. The number of hydrogen-bond acceptors (Lipinski definition) is 7. The van der Waals surface area contributed by atoms with Gasteiger partial charge in [-0.15, -0.1) is 0 Å². The molecule has 0 radical (unpaired) electrons. The third-order valence-corrected chi connectivity index (χ3v) is 21.3. The lowest BCUT2D eigenvalue weighted by Crippen LogP contribution is -2.70. The molecule has 2 heterocycles. The van der Waals surface area contributed by atoms with Gasteiger partial charge in [0.2, 0.25) is 0 Å². The molecule has 7 nitrogen and oxygen atoms in total. The SMILES string of the molecule is COc1ccc(C(=O)O[C@H]2C[S@@](=O)C34CCC[C@@H]3O[Si](C(C)C)(C(C)C)O[Si](C(C)C)(C(C)C)O[C@@H]24)cc1. The van der Waals surface area contributed by atoms with E-state index in [0.29, 0.717) is 11.3 Å². The van der Waals surface area contributed by atoms with E-state index < -0.39 is 50.8 Å². The highest BCUT2D eigenvalue weighted by atomic mass is 32.2. The van der Waals surface area contributed by atoms with Crippen molar-refractivity contribution in [2.24, 2.45) is 0 Å². The summed E-state index contributed by atoms with van der Waals surface area (Å²) in [7, 11) is -5.43. The number of benzene rings is 1. The highest BCUT2D eigenvalue weighted by Crippen LogP contribution is 2.55. The minimum atomic E-state index is -2.95. The minimum Gasteiger partial charge on any atom is -0.497 e. The number of rotatable bonds is 7. The third kappa shape index (κ3) is 4.77. The van der Waals surface area contributed by atoms with Crippen molar-refractivity contribution in [2.45, 2.75) is 120 Å².